The molecule has 1 saturated heterocycles. The van der Waals surface area contributed by atoms with Crippen LogP contribution in [0.1, 0.15) is 25.3 Å². The van der Waals surface area contributed by atoms with Crippen molar-refractivity contribution in [2.75, 3.05) is 24.3 Å². The van der Waals surface area contributed by atoms with Gasteiger partial charge in [0.05, 0.1) is 11.1 Å². The lowest BCUT2D eigenvalue weighted by atomic mass is 9.92. The number of nitrogens with zero attached hydrogens (tertiary/aromatic N) is 2. The summed E-state index contributed by atoms with van der Waals surface area (Å²) in [5.74, 6) is -2.60. The van der Waals surface area contributed by atoms with Crippen molar-refractivity contribution in [2.45, 2.75) is 36.4 Å². The minimum absolute atomic E-state index is 0.0555. The molecule has 0 radical (unpaired) electrons. The first kappa shape index (κ1) is 24.7. The molecule has 0 aromatic carbocycles. The van der Waals surface area contributed by atoms with E-state index in [4.69, 9.17) is 16.3 Å². The quantitative estimate of drug-likeness (QED) is 0.609. The van der Waals surface area contributed by atoms with Crippen molar-refractivity contribution < 1.29 is 31.1 Å². The molecule has 0 spiro atoms. The van der Waals surface area contributed by atoms with Crippen molar-refractivity contribution in [2.24, 2.45) is 5.92 Å². The van der Waals surface area contributed by atoms with Gasteiger partial charge in [0, 0.05) is 25.5 Å². The second-order valence-electron chi connectivity index (χ2n) is 7.25. The van der Waals surface area contributed by atoms with Crippen LogP contribution in [0.3, 0.4) is 0 Å². The molecule has 0 saturated carbocycles. The van der Waals surface area contributed by atoms with Crippen molar-refractivity contribution in [1.82, 2.24) is 9.55 Å². The second-order valence-corrected chi connectivity index (χ2v) is 10.9. The SMILES string of the molecule is O=C(Nc1ncc(Cl)s1)[C@H](CC1CCOCC1)n1ccc(S(=O)(=O)CC(F)(F)F)cc1=O. The molecule has 3 heterocycles. The molecule has 1 fully saturated rings. The monoisotopic (exact) mass is 513 g/mol. The number of anilines is 1. The van der Waals surface area contributed by atoms with Gasteiger partial charge in [-0.05, 0) is 31.2 Å². The number of hydrogen-bond acceptors (Lipinski definition) is 7. The van der Waals surface area contributed by atoms with Crippen LogP contribution in [0.4, 0.5) is 18.3 Å². The van der Waals surface area contributed by atoms with E-state index >= 15 is 0 Å². The lowest BCUT2D eigenvalue weighted by molar-refractivity contribution is -0.120. The van der Waals surface area contributed by atoms with Gasteiger partial charge >= 0.3 is 6.18 Å². The van der Waals surface area contributed by atoms with Crippen molar-refractivity contribution in [3.8, 4) is 0 Å². The van der Waals surface area contributed by atoms with Crippen LogP contribution in [0.5, 0.6) is 0 Å². The predicted molar refractivity (Wildman–Crippen MR) is 112 cm³/mol. The highest BCUT2D eigenvalue weighted by Gasteiger charge is 2.36. The topological polar surface area (TPSA) is 107 Å². The van der Waals surface area contributed by atoms with Gasteiger partial charge in [0.25, 0.3) is 5.56 Å². The minimum atomic E-state index is -4.95. The number of thiazole rings is 1. The lowest BCUT2D eigenvalue weighted by Gasteiger charge is -2.27. The minimum Gasteiger partial charge on any atom is -0.381 e. The summed E-state index contributed by atoms with van der Waals surface area (Å²) in [6.45, 7) is 1.01. The Hall–Kier alpha value is -1.96. The average molecular weight is 514 g/mol. The number of rotatable bonds is 7. The van der Waals surface area contributed by atoms with Crippen molar-refractivity contribution in [3.05, 3.63) is 39.2 Å². The summed E-state index contributed by atoms with van der Waals surface area (Å²) in [5, 5.41) is 2.80. The summed E-state index contributed by atoms with van der Waals surface area (Å²) in [4.78, 5) is 28.8. The fourth-order valence-electron chi connectivity index (χ4n) is 3.37. The number of carbonyl (C=O) groups is 1. The third-order valence-electron chi connectivity index (χ3n) is 4.88. The van der Waals surface area contributed by atoms with Gasteiger partial charge in [-0.3, -0.25) is 9.59 Å². The summed E-state index contributed by atoms with van der Waals surface area (Å²) < 4.78 is 68.4. The maximum atomic E-state index is 13.0. The van der Waals surface area contributed by atoms with E-state index in [2.05, 4.69) is 10.3 Å². The van der Waals surface area contributed by atoms with Crippen LogP contribution in [0.2, 0.25) is 4.34 Å². The second kappa shape index (κ2) is 9.89. The number of aromatic nitrogens is 2. The molecule has 8 nitrogen and oxygen atoms in total. The fourth-order valence-corrected chi connectivity index (χ4v) is 5.33. The number of ether oxygens (including phenoxy) is 1. The molecule has 1 N–H and O–H groups in total. The molecular weight excluding hydrogens is 495 g/mol. The van der Waals surface area contributed by atoms with Crippen LogP contribution in [0.15, 0.2) is 34.2 Å². The number of carbonyl (C=O) groups excluding carboxylic acids is 1. The van der Waals surface area contributed by atoms with E-state index in [0.717, 1.165) is 28.2 Å². The molecule has 1 atom stereocenters. The molecule has 3 rings (SSSR count). The first-order chi connectivity index (χ1) is 14.9. The summed E-state index contributed by atoms with van der Waals surface area (Å²) in [7, 11) is -4.75. The highest BCUT2D eigenvalue weighted by molar-refractivity contribution is 7.91. The molecule has 14 heteroatoms. The molecule has 1 aliphatic heterocycles. The number of halogens is 4. The molecule has 0 aliphatic carbocycles. The normalized spacial score (nSPS) is 16.6. The number of pyridine rings is 1. The molecule has 2 aromatic heterocycles. The van der Waals surface area contributed by atoms with Gasteiger partial charge in [0.2, 0.25) is 5.91 Å². The fraction of sp³-hybridized carbons (Fsp3) is 0.500. The van der Waals surface area contributed by atoms with Crippen LogP contribution >= 0.6 is 22.9 Å². The van der Waals surface area contributed by atoms with Gasteiger partial charge in [0.15, 0.2) is 20.7 Å². The number of amides is 1. The van der Waals surface area contributed by atoms with E-state index in [1.165, 1.54) is 6.20 Å². The number of hydrogen-bond donors (Lipinski definition) is 1. The van der Waals surface area contributed by atoms with E-state index in [0.29, 0.717) is 36.5 Å². The van der Waals surface area contributed by atoms with Gasteiger partial charge in [0.1, 0.15) is 10.4 Å². The molecule has 0 unspecified atom stereocenters. The third-order valence-corrected chi connectivity index (χ3v) is 7.59. The van der Waals surface area contributed by atoms with Gasteiger partial charge in [-0.1, -0.05) is 22.9 Å². The van der Waals surface area contributed by atoms with Gasteiger partial charge in [-0.15, -0.1) is 0 Å². The van der Waals surface area contributed by atoms with Crippen LogP contribution in [-0.2, 0) is 19.4 Å². The van der Waals surface area contributed by atoms with Crippen LogP contribution in [0, 0.1) is 5.92 Å². The zero-order valence-corrected chi connectivity index (χ0v) is 18.9. The molecule has 2 aromatic rings. The Kier molecular flexibility index (Phi) is 7.63. The highest BCUT2D eigenvalue weighted by Crippen LogP contribution is 2.29. The smallest absolute Gasteiger partial charge is 0.381 e. The number of alkyl halides is 3. The van der Waals surface area contributed by atoms with Crippen molar-refractivity contribution in [3.63, 3.8) is 0 Å². The molecule has 32 heavy (non-hydrogen) atoms. The maximum Gasteiger partial charge on any atom is 0.403 e. The standard InChI is InChI=1S/C18H19ClF3N3O5S2/c19-14-9-23-17(31-14)24-16(27)13(7-11-2-5-30-6-3-11)25-4-1-12(8-15(25)26)32(28,29)10-18(20,21)22/h1,4,8-9,11,13H,2-3,5-7,10H2,(H,23,24,27)/t13-/m0/s1. The molecule has 1 amide bonds. The maximum absolute atomic E-state index is 13.0. The zero-order chi connectivity index (χ0) is 23.5. The van der Waals surface area contributed by atoms with E-state index < -0.39 is 44.2 Å². The van der Waals surface area contributed by atoms with Crippen LogP contribution in [0.25, 0.3) is 0 Å². The Morgan fingerprint density at radius 2 is 2.06 bits per heavy atom. The summed E-state index contributed by atoms with van der Waals surface area (Å²) in [6.07, 6.45) is -0.984. The average Bonchev–Trinajstić information content (AvgIpc) is 3.10. The Bertz CT molecular complexity index is 1130. The van der Waals surface area contributed by atoms with Crippen LogP contribution in [-0.4, -0.2) is 49.0 Å². The first-order valence-electron chi connectivity index (χ1n) is 9.46. The van der Waals surface area contributed by atoms with E-state index in [9.17, 15) is 31.2 Å². The Morgan fingerprint density at radius 1 is 1.38 bits per heavy atom. The van der Waals surface area contributed by atoms with Gasteiger partial charge < -0.3 is 14.6 Å². The zero-order valence-electron chi connectivity index (χ0n) is 16.5. The van der Waals surface area contributed by atoms with E-state index in [-0.39, 0.29) is 17.5 Å². The molecule has 0 bridgehead atoms. The van der Waals surface area contributed by atoms with E-state index in [1.54, 1.807) is 0 Å². The lowest BCUT2D eigenvalue weighted by Crippen LogP contribution is -2.35. The largest absolute Gasteiger partial charge is 0.403 e. The Labute approximate surface area is 190 Å². The van der Waals surface area contributed by atoms with Crippen LogP contribution < -0.4 is 10.9 Å². The summed E-state index contributed by atoms with van der Waals surface area (Å²) >= 11 is 6.84. The summed E-state index contributed by atoms with van der Waals surface area (Å²) in [6, 6.07) is 0.464. The number of nitrogens with one attached hydrogen (secondary N) is 1. The van der Waals surface area contributed by atoms with E-state index in [1.807, 2.05) is 0 Å². The number of sulfone groups is 1. The highest BCUT2D eigenvalue weighted by atomic mass is 35.5. The Balaban J connectivity index is 1.90. The van der Waals surface area contributed by atoms with Crippen molar-refractivity contribution >= 4 is 43.8 Å². The van der Waals surface area contributed by atoms with Gasteiger partial charge in [-0.2, -0.15) is 13.2 Å². The molecule has 176 valence electrons. The Morgan fingerprint density at radius 3 is 2.62 bits per heavy atom. The summed E-state index contributed by atoms with van der Waals surface area (Å²) in [5.41, 5.74) is -0.905. The van der Waals surface area contributed by atoms with Crippen molar-refractivity contribution in [1.29, 1.82) is 0 Å². The third kappa shape index (κ3) is 6.53. The molecule has 1 aliphatic rings. The first-order valence-corrected chi connectivity index (χ1v) is 12.3. The molecular formula is C18H19ClF3N3O5S2. The predicted octanol–water partition coefficient (Wildman–Crippen LogP) is 3.29. The van der Waals surface area contributed by atoms with Gasteiger partial charge in [-0.25, -0.2) is 13.4 Å².